The van der Waals surface area contributed by atoms with E-state index in [4.69, 9.17) is 0 Å². The molecule has 0 aliphatic carbocycles. The Morgan fingerprint density at radius 3 is 2.83 bits per heavy atom. The van der Waals surface area contributed by atoms with Gasteiger partial charge in [0.15, 0.2) is 0 Å². The van der Waals surface area contributed by atoms with Crippen LogP contribution in [0.15, 0.2) is 47.2 Å². The zero-order valence-electron chi connectivity index (χ0n) is 13.6. The molecule has 0 radical (unpaired) electrons. The molecule has 124 valence electrons. The third-order valence-electron chi connectivity index (χ3n) is 4.17. The minimum atomic E-state index is -0.186. The molecule has 5 nitrogen and oxygen atoms in total. The van der Waals surface area contributed by atoms with E-state index >= 15 is 0 Å². The summed E-state index contributed by atoms with van der Waals surface area (Å²) in [6, 6.07) is 9.44. The van der Waals surface area contributed by atoms with Crippen LogP contribution in [-0.2, 0) is 0 Å². The number of H-pyrrole nitrogens is 1. The topological polar surface area (TPSA) is 70.7 Å². The highest BCUT2D eigenvalue weighted by molar-refractivity contribution is 9.10. The van der Waals surface area contributed by atoms with Gasteiger partial charge in [-0.3, -0.25) is 9.78 Å². The van der Waals surface area contributed by atoms with Gasteiger partial charge in [-0.1, -0.05) is 32.4 Å². The number of nitrogens with zero attached hydrogens (tertiary/aromatic N) is 2. The van der Waals surface area contributed by atoms with Crippen LogP contribution in [0.4, 0.5) is 0 Å². The summed E-state index contributed by atoms with van der Waals surface area (Å²) in [5.74, 6) is 0.867. The number of carbonyl (C=O) groups is 1. The molecule has 0 unspecified atom stereocenters. The number of hydrogen-bond acceptors (Lipinski definition) is 3. The molecule has 0 bridgehead atoms. The summed E-state index contributed by atoms with van der Waals surface area (Å²) in [4.78, 5) is 24.6. The van der Waals surface area contributed by atoms with Gasteiger partial charge in [0.05, 0.1) is 22.6 Å². The summed E-state index contributed by atoms with van der Waals surface area (Å²) in [7, 11) is 0. The van der Waals surface area contributed by atoms with Crippen LogP contribution in [0.3, 0.4) is 0 Å². The minimum Gasteiger partial charge on any atom is -0.342 e. The highest BCUT2D eigenvalue weighted by Gasteiger charge is 2.24. The maximum atomic E-state index is 12.6. The van der Waals surface area contributed by atoms with Gasteiger partial charge < -0.3 is 10.3 Å². The summed E-state index contributed by atoms with van der Waals surface area (Å²) in [5.41, 5.74) is 2.40. The zero-order valence-corrected chi connectivity index (χ0v) is 15.2. The fourth-order valence-corrected chi connectivity index (χ4v) is 2.96. The number of hydrogen-bond donors (Lipinski definition) is 2. The minimum absolute atomic E-state index is 0.158. The van der Waals surface area contributed by atoms with E-state index in [0.29, 0.717) is 5.56 Å². The first-order valence-corrected chi connectivity index (χ1v) is 8.74. The van der Waals surface area contributed by atoms with E-state index in [1.54, 1.807) is 18.5 Å². The van der Waals surface area contributed by atoms with Crippen molar-refractivity contribution in [2.24, 2.45) is 5.92 Å². The molecule has 0 aliphatic heterocycles. The molecular formula is C18H19BrN4O. The largest absolute Gasteiger partial charge is 0.342 e. The number of nitrogens with one attached hydrogen (secondary N) is 2. The number of pyridine rings is 1. The second kappa shape index (κ2) is 7.13. The number of fused-ring (bicyclic) bond motifs is 1. The number of para-hydroxylation sites is 2. The van der Waals surface area contributed by atoms with Gasteiger partial charge in [-0.2, -0.15) is 0 Å². The summed E-state index contributed by atoms with van der Waals surface area (Å²) < 4.78 is 0.777. The predicted octanol–water partition coefficient (Wildman–Crippen LogP) is 4.24. The first kappa shape index (κ1) is 16.6. The van der Waals surface area contributed by atoms with Crippen molar-refractivity contribution >= 4 is 32.9 Å². The number of imidazole rings is 1. The normalized spacial score (nSPS) is 13.6. The van der Waals surface area contributed by atoms with Crippen LogP contribution < -0.4 is 5.32 Å². The van der Waals surface area contributed by atoms with E-state index < -0.39 is 0 Å². The first-order valence-electron chi connectivity index (χ1n) is 7.94. The maximum absolute atomic E-state index is 12.6. The van der Waals surface area contributed by atoms with Crippen molar-refractivity contribution in [2.45, 2.75) is 26.3 Å². The molecule has 2 atom stereocenters. The monoisotopic (exact) mass is 386 g/mol. The van der Waals surface area contributed by atoms with Gasteiger partial charge in [0, 0.05) is 16.9 Å². The lowest BCUT2D eigenvalue weighted by Gasteiger charge is -2.22. The number of amides is 1. The van der Waals surface area contributed by atoms with E-state index in [1.807, 2.05) is 24.3 Å². The Kier molecular flexibility index (Phi) is 4.94. The number of benzene rings is 1. The van der Waals surface area contributed by atoms with Crippen molar-refractivity contribution in [3.05, 3.63) is 58.6 Å². The Bertz CT molecular complexity index is 828. The molecule has 6 heteroatoms. The molecule has 1 aromatic carbocycles. The van der Waals surface area contributed by atoms with E-state index in [-0.39, 0.29) is 17.9 Å². The van der Waals surface area contributed by atoms with Gasteiger partial charge in [0.25, 0.3) is 5.91 Å². The molecule has 0 saturated carbocycles. The first-order chi connectivity index (χ1) is 11.6. The summed E-state index contributed by atoms with van der Waals surface area (Å²) in [6.45, 7) is 4.21. The Balaban J connectivity index is 1.90. The van der Waals surface area contributed by atoms with Crippen molar-refractivity contribution in [1.82, 2.24) is 20.3 Å². The maximum Gasteiger partial charge on any atom is 0.253 e. The number of aromatic amines is 1. The molecule has 24 heavy (non-hydrogen) atoms. The lowest BCUT2D eigenvalue weighted by Crippen LogP contribution is -2.33. The lowest BCUT2D eigenvalue weighted by molar-refractivity contribution is 0.0920. The smallest absolute Gasteiger partial charge is 0.253 e. The molecule has 3 aromatic rings. The molecule has 0 saturated heterocycles. The Hall–Kier alpha value is -2.21. The molecule has 0 fully saturated rings. The Morgan fingerprint density at radius 2 is 2.12 bits per heavy atom. The van der Waals surface area contributed by atoms with Crippen molar-refractivity contribution in [1.29, 1.82) is 0 Å². The quantitative estimate of drug-likeness (QED) is 0.688. The fraction of sp³-hybridized carbons (Fsp3) is 0.278. The second-order valence-corrected chi connectivity index (χ2v) is 6.78. The van der Waals surface area contributed by atoms with Gasteiger partial charge in [0.2, 0.25) is 0 Å². The van der Waals surface area contributed by atoms with E-state index in [0.717, 1.165) is 27.8 Å². The van der Waals surface area contributed by atoms with Crippen LogP contribution in [0.5, 0.6) is 0 Å². The Morgan fingerprint density at radius 1 is 1.33 bits per heavy atom. The van der Waals surface area contributed by atoms with Crippen LogP contribution in [0.2, 0.25) is 0 Å². The SMILES string of the molecule is CC[C@H](C)[C@H](NC(=O)c1cncc(Br)c1)c1nc2ccccc2[nH]1. The zero-order chi connectivity index (χ0) is 17.1. The summed E-state index contributed by atoms with van der Waals surface area (Å²) in [6.07, 6.45) is 4.15. The van der Waals surface area contributed by atoms with Gasteiger partial charge in [0.1, 0.15) is 5.82 Å². The number of carbonyl (C=O) groups excluding carboxylic acids is 1. The fourth-order valence-electron chi connectivity index (χ4n) is 2.60. The summed E-state index contributed by atoms with van der Waals surface area (Å²) >= 11 is 3.35. The molecule has 2 heterocycles. The van der Waals surface area contributed by atoms with Gasteiger partial charge in [-0.15, -0.1) is 0 Å². The van der Waals surface area contributed by atoms with Crippen molar-refractivity contribution < 1.29 is 4.79 Å². The second-order valence-electron chi connectivity index (χ2n) is 5.87. The lowest BCUT2D eigenvalue weighted by atomic mass is 9.98. The van der Waals surface area contributed by atoms with Crippen molar-refractivity contribution in [3.8, 4) is 0 Å². The number of rotatable bonds is 5. The van der Waals surface area contributed by atoms with Gasteiger partial charge in [-0.25, -0.2) is 4.98 Å². The van der Waals surface area contributed by atoms with E-state index in [9.17, 15) is 4.79 Å². The average Bonchev–Trinajstić information content (AvgIpc) is 3.02. The summed E-state index contributed by atoms with van der Waals surface area (Å²) in [5, 5.41) is 3.09. The predicted molar refractivity (Wildman–Crippen MR) is 97.7 cm³/mol. The molecule has 2 aromatic heterocycles. The van der Waals surface area contributed by atoms with Crippen LogP contribution in [0.25, 0.3) is 11.0 Å². The molecule has 0 spiro atoms. The molecule has 0 aliphatic rings. The van der Waals surface area contributed by atoms with E-state index in [1.165, 1.54) is 0 Å². The van der Waals surface area contributed by atoms with Crippen molar-refractivity contribution in [3.63, 3.8) is 0 Å². The standard InChI is InChI=1S/C18H19BrN4O/c1-3-11(2)16(17-21-14-6-4-5-7-15(14)22-17)23-18(24)12-8-13(19)10-20-9-12/h4-11,16H,3H2,1-2H3,(H,21,22)(H,23,24)/t11-,16-/m0/s1. The van der Waals surface area contributed by atoms with Crippen LogP contribution in [-0.4, -0.2) is 20.9 Å². The van der Waals surface area contributed by atoms with Gasteiger partial charge in [-0.05, 0) is 40.0 Å². The van der Waals surface area contributed by atoms with Crippen molar-refractivity contribution in [2.75, 3.05) is 0 Å². The number of halogens is 1. The van der Waals surface area contributed by atoms with Crippen LogP contribution in [0.1, 0.15) is 42.5 Å². The average molecular weight is 387 g/mol. The Labute approximate surface area is 149 Å². The van der Waals surface area contributed by atoms with Crippen LogP contribution >= 0.6 is 15.9 Å². The molecule has 2 N–H and O–H groups in total. The molecule has 1 amide bonds. The van der Waals surface area contributed by atoms with E-state index in [2.05, 4.69) is 50.0 Å². The van der Waals surface area contributed by atoms with Crippen LogP contribution in [0, 0.1) is 5.92 Å². The third-order valence-corrected chi connectivity index (χ3v) is 4.60. The van der Waals surface area contributed by atoms with Gasteiger partial charge >= 0.3 is 0 Å². The third kappa shape index (κ3) is 3.48. The highest BCUT2D eigenvalue weighted by atomic mass is 79.9. The molecular weight excluding hydrogens is 368 g/mol. The molecule has 3 rings (SSSR count). The number of aromatic nitrogens is 3. The highest BCUT2D eigenvalue weighted by Crippen LogP contribution is 2.25.